The summed E-state index contributed by atoms with van der Waals surface area (Å²) in [5, 5.41) is 0. The molecule has 1 saturated heterocycles. The Kier molecular flexibility index (Phi) is 3.96. The van der Waals surface area contributed by atoms with Crippen LogP contribution in [0.4, 0.5) is 5.69 Å². The number of hydrogen-bond acceptors (Lipinski definition) is 4. The van der Waals surface area contributed by atoms with E-state index >= 15 is 0 Å². The molecule has 1 fully saturated rings. The largest absolute Gasteiger partial charge is 0.496 e. The zero-order valence-corrected chi connectivity index (χ0v) is 10.3. The first-order valence-electron chi connectivity index (χ1n) is 5.43. The first-order chi connectivity index (χ1) is 7.79. The molecule has 1 unspecified atom stereocenters. The molecule has 0 amide bonds. The van der Waals surface area contributed by atoms with Gasteiger partial charge < -0.3 is 15.2 Å². The maximum atomic E-state index is 5.71. The molecule has 1 aliphatic rings. The average Bonchev–Trinajstić information content (AvgIpc) is 2.80. The van der Waals surface area contributed by atoms with E-state index < -0.39 is 0 Å². The maximum absolute atomic E-state index is 5.71. The zero-order valence-electron chi connectivity index (χ0n) is 9.44. The molecule has 4 heteroatoms. The van der Waals surface area contributed by atoms with E-state index in [0.717, 1.165) is 35.3 Å². The van der Waals surface area contributed by atoms with Gasteiger partial charge in [-0.15, -0.1) is 11.8 Å². The van der Waals surface area contributed by atoms with Crippen molar-refractivity contribution in [3.63, 3.8) is 0 Å². The topological polar surface area (TPSA) is 44.5 Å². The number of methoxy groups -OCH3 is 1. The summed E-state index contributed by atoms with van der Waals surface area (Å²) in [7, 11) is 1.68. The van der Waals surface area contributed by atoms with Gasteiger partial charge in [0, 0.05) is 29.0 Å². The van der Waals surface area contributed by atoms with Gasteiger partial charge in [-0.05, 0) is 24.5 Å². The molecule has 2 N–H and O–H groups in total. The third-order valence-corrected chi connectivity index (χ3v) is 3.97. The molecular weight excluding hydrogens is 222 g/mol. The molecule has 88 valence electrons. The molecule has 0 spiro atoms. The van der Waals surface area contributed by atoms with Crippen LogP contribution in [0.3, 0.4) is 0 Å². The fraction of sp³-hybridized carbons (Fsp3) is 0.500. The second-order valence-electron chi connectivity index (χ2n) is 3.95. The van der Waals surface area contributed by atoms with E-state index in [1.807, 2.05) is 30.0 Å². The van der Waals surface area contributed by atoms with E-state index in [-0.39, 0.29) is 0 Å². The maximum Gasteiger partial charge on any atom is 0.134 e. The number of nitrogens with two attached hydrogens (primary N) is 1. The van der Waals surface area contributed by atoms with E-state index in [2.05, 4.69) is 0 Å². The Balaban J connectivity index is 1.97. The molecule has 2 rings (SSSR count). The summed E-state index contributed by atoms with van der Waals surface area (Å²) in [4.78, 5) is 1.16. The number of thioether (sulfide) groups is 1. The van der Waals surface area contributed by atoms with Crippen molar-refractivity contribution in [2.24, 2.45) is 5.92 Å². The number of nitrogen functional groups attached to an aromatic ring is 1. The third-order valence-electron chi connectivity index (χ3n) is 2.69. The van der Waals surface area contributed by atoms with Crippen LogP contribution in [-0.2, 0) is 4.74 Å². The Morgan fingerprint density at radius 1 is 1.56 bits per heavy atom. The number of benzene rings is 1. The summed E-state index contributed by atoms with van der Waals surface area (Å²) in [6.45, 7) is 1.80. The quantitative estimate of drug-likeness (QED) is 0.647. The van der Waals surface area contributed by atoms with Crippen LogP contribution in [0, 0.1) is 5.92 Å². The first kappa shape index (κ1) is 11.6. The smallest absolute Gasteiger partial charge is 0.134 e. The number of hydrogen-bond donors (Lipinski definition) is 1. The van der Waals surface area contributed by atoms with Gasteiger partial charge in [0.2, 0.25) is 0 Å². The molecule has 1 aromatic rings. The van der Waals surface area contributed by atoms with Crippen LogP contribution in [0.25, 0.3) is 0 Å². The zero-order chi connectivity index (χ0) is 11.4. The Morgan fingerprint density at radius 2 is 2.44 bits per heavy atom. The second-order valence-corrected chi connectivity index (χ2v) is 5.01. The van der Waals surface area contributed by atoms with E-state index in [4.69, 9.17) is 15.2 Å². The predicted molar refractivity (Wildman–Crippen MR) is 67.1 cm³/mol. The first-order valence-corrected chi connectivity index (χ1v) is 6.42. The van der Waals surface area contributed by atoms with Gasteiger partial charge in [-0.3, -0.25) is 0 Å². The van der Waals surface area contributed by atoms with Crippen molar-refractivity contribution in [2.75, 3.05) is 31.8 Å². The van der Waals surface area contributed by atoms with Crippen molar-refractivity contribution in [1.82, 2.24) is 0 Å². The van der Waals surface area contributed by atoms with Crippen LogP contribution in [-0.4, -0.2) is 26.1 Å². The van der Waals surface area contributed by atoms with Gasteiger partial charge in [0.1, 0.15) is 5.75 Å². The van der Waals surface area contributed by atoms with Crippen molar-refractivity contribution in [1.29, 1.82) is 0 Å². The van der Waals surface area contributed by atoms with E-state index in [1.54, 1.807) is 7.11 Å². The minimum Gasteiger partial charge on any atom is -0.496 e. The van der Waals surface area contributed by atoms with Crippen molar-refractivity contribution < 1.29 is 9.47 Å². The van der Waals surface area contributed by atoms with Gasteiger partial charge in [0.25, 0.3) is 0 Å². The summed E-state index contributed by atoms with van der Waals surface area (Å²) in [6, 6.07) is 5.80. The molecule has 0 saturated carbocycles. The lowest BCUT2D eigenvalue weighted by molar-refractivity contribution is 0.189. The average molecular weight is 239 g/mol. The summed E-state index contributed by atoms with van der Waals surface area (Å²) in [5.74, 6) is 2.62. The Hall–Kier alpha value is -0.870. The standard InChI is InChI=1S/C12H17NO2S/c1-14-11-6-10(13)2-3-12(11)16-8-9-4-5-15-7-9/h2-3,6,9H,4-5,7-8,13H2,1H3. The highest BCUT2D eigenvalue weighted by molar-refractivity contribution is 7.99. The van der Waals surface area contributed by atoms with Gasteiger partial charge in [-0.2, -0.15) is 0 Å². The van der Waals surface area contributed by atoms with E-state index in [0.29, 0.717) is 5.92 Å². The molecule has 1 heterocycles. The van der Waals surface area contributed by atoms with Gasteiger partial charge in [0.15, 0.2) is 0 Å². The number of ether oxygens (including phenoxy) is 2. The van der Waals surface area contributed by atoms with Crippen LogP contribution >= 0.6 is 11.8 Å². The molecule has 0 aliphatic carbocycles. The lowest BCUT2D eigenvalue weighted by Crippen LogP contribution is -2.02. The number of anilines is 1. The molecule has 1 atom stereocenters. The minimum atomic E-state index is 0.673. The van der Waals surface area contributed by atoms with Crippen molar-refractivity contribution >= 4 is 17.4 Å². The second kappa shape index (κ2) is 5.46. The van der Waals surface area contributed by atoms with Crippen LogP contribution in [0.5, 0.6) is 5.75 Å². The summed E-state index contributed by atoms with van der Waals surface area (Å²) >= 11 is 1.82. The highest BCUT2D eigenvalue weighted by Crippen LogP contribution is 2.33. The van der Waals surface area contributed by atoms with Crippen molar-refractivity contribution in [2.45, 2.75) is 11.3 Å². The fourth-order valence-electron chi connectivity index (χ4n) is 1.73. The monoisotopic (exact) mass is 239 g/mol. The molecule has 1 aliphatic heterocycles. The fourth-order valence-corrected chi connectivity index (χ4v) is 2.85. The summed E-state index contributed by atoms with van der Waals surface area (Å²) in [6.07, 6.45) is 1.17. The Morgan fingerprint density at radius 3 is 3.12 bits per heavy atom. The SMILES string of the molecule is COc1cc(N)ccc1SCC1CCOC1. The molecule has 16 heavy (non-hydrogen) atoms. The van der Waals surface area contributed by atoms with Crippen LogP contribution in [0.1, 0.15) is 6.42 Å². The molecule has 3 nitrogen and oxygen atoms in total. The Labute approximate surface area is 100 Å². The van der Waals surface area contributed by atoms with Crippen LogP contribution < -0.4 is 10.5 Å². The van der Waals surface area contributed by atoms with Crippen LogP contribution in [0.15, 0.2) is 23.1 Å². The van der Waals surface area contributed by atoms with E-state index in [1.165, 1.54) is 6.42 Å². The minimum absolute atomic E-state index is 0.673. The molecule has 0 bridgehead atoms. The molecule has 0 aromatic heterocycles. The predicted octanol–water partition coefficient (Wildman–Crippen LogP) is 2.41. The highest BCUT2D eigenvalue weighted by Gasteiger charge is 2.16. The normalized spacial score (nSPS) is 19.9. The van der Waals surface area contributed by atoms with Crippen molar-refractivity contribution in [3.8, 4) is 5.75 Å². The molecule has 0 radical (unpaired) electrons. The lowest BCUT2D eigenvalue weighted by Gasteiger charge is -2.11. The van der Waals surface area contributed by atoms with E-state index in [9.17, 15) is 0 Å². The summed E-state index contributed by atoms with van der Waals surface area (Å²) in [5.41, 5.74) is 6.45. The van der Waals surface area contributed by atoms with Gasteiger partial charge >= 0.3 is 0 Å². The third kappa shape index (κ3) is 2.83. The summed E-state index contributed by atoms with van der Waals surface area (Å²) < 4.78 is 10.7. The Bertz CT molecular complexity index is 351. The molecular formula is C12H17NO2S. The van der Waals surface area contributed by atoms with Gasteiger partial charge in [0.05, 0.1) is 13.7 Å². The highest BCUT2D eigenvalue weighted by atomic mass is 32.2. The lowest BCUT2D eigenvalue weighted by atomic mass is 10.2. The number of rotatable bonds is 4. The molecule has 1 aromatic carbocycles. The van der Waals surface area contributed by atoms with Gasteiger partial charge in [-0.1, -0.05) is 0 Å². The van der Waals surface area contributed by atoms with Crippen molar-refractivity contribution in [3.05, 3.63) is 18.2 Å². The van der Waals surface area contributed by atoms with Crippen LogP contribution in [0.2, 0.25) is 0 Å². The van der Waals surface area contributed by atoms with Gasteiger partial charge in [-0.25, -0.2) is 0 Å².